The van der Waals surface area contributed by atoms with Gasteiger partial charge in [0, 0.05) is 18.9 Å². The summed E-state index contributed by atoms with van der Waals surface area (Å²) in [6.07, 6.45) is 3.42. The third kappa shape index (κ3) is 2.65. The largest absolute Gasteiger partial charge is 0.354 e. The zero-order valence-electron chi connectivity index (χ0n) is 11.5. The van der Waals surface area contributed by atoms with Crippen molar-refractivity contribution >= 4 is 5.91 Å². The molecule has 1 amide bonds. The molecule has 1 N–H and O–H groups in total. The van der Waals surface area contributed by atoms with E-state index in [1.807, 2.05) is 10.7 Å². The second kappa shape index (κ2) is 5.65. The van der Waals surface area contributed by atoms with Crippen molar-refractivity contribution in [3.8, 4) is 5.69 Å². The fourth-order valence-corrected chi connectivity index (χ4v) is 1.93. The van der Waals surface area contributed by atoms with Gasteiger partial charge in [-0.25, -0.2) is 4.68 Å². The first kappa shape index (κ1) is 13.3. The van der Waals surface area contributed by atoms with Crippen LogP contribution in [-0.2, 0) is 12.8 Å². The summed E-state index contributed by atoms with van der Waals surface area (Å²) in [7, 11) is 1.59. The number of nitrogens with zero attached hydrogens (tertiary/aromatic N) is 3. The molecule has 0 saturated carbocycles. The van der Waals surface area contributed by atoms with Gasteiger partial charge in [0.1, 0.15) is 5.69 Å². The van der Waals surface area contributed by atoms with E-state index in [-0.39, 0.29) is 5.91 Å². The smallest absolute Gasteiger partial charge is 0.269 e. The fourth-order valence-electron chi connectivity index (χ4n) is 1.93. The van der Waals surface area contributed by atoms with E-state index in [4.69, 9.17) is 0 Å². The first-order chi connectivity index (χ1) is 9.19. The van der Waals surface area contributed by atoms with Crippen LogP contribution in [0.3, 0.4) is 0 Å². The number of carbonyl (C=O) groups excluding carboxylic acids is 1. The first-order valence-electron chi connectivity index (χ1n) is 6.45. The Balaban J connectivity index is 2.46. The third-order valence-corrected chi connectivity index (χ3v) is 3.01. The molecule has 0 aliphatic heterocycles. The first-order valence-corrected chi connectivity index (χ1v) is 6.45. The number of rotatable bonds is 4. The maximum absolute atomic E-state index is 11.6. The fraction of sp³-hybridized carbons (Fsp3) is 0.357. The molecular formula is C14H18N4O. The van der Waals surface area contributed by atoms with Crippen molar-refractivity contribution in [2.75, 3.05) is 7.05 Å². The van der Waals surface area contributed by atoms with E-state index in [1.54, 1.807) is 19.3 Å². The Morgan fingerprint density at radius 3 is 2.74 bits per heavy atom. The zero-order valence-corrected chi connectivity index (χ0v) is 11.5. The molecule has 0 radical (unpaired) electrons. The van der Waals surface area contributed by atoms with E-state index >= 15 is 0 Å². The van der Waals surface area contributed by atoms with Gasteiger partial charge in [-0.15, -0.1) is 0 Å². The minimum absolute atomic E-state index is 0.192. The van der Waals surface area contributed by atoms with Crippen LogP contribution in [0.25, 0.3) is 5.69 Å². The number of amides is 1. The number of carbonyl (C=O) groups is 1. The maximum atomic E-state index is 11.6. The lowest BCUT2D eigenvalue weighted by atomic mass is 10.2. The van der Waals surface area contributed by atoms with Gasteiger partial charge in [-0.1, -0.05) is 13.8 Å². The zero-order chi connectivity index (χ0) is 13.8. The molecular weight excluding hydrogens is 240 g/mol. The molecule has 0 atom stereocenters. The third-order valence-electron chi connectivity index (χ3n) is 3.01. The molecule has 100 valence electrons. The summed E-state index contributed by atoms with van der Waals surface area (Å²) in [5, 5.41) is 7.13. The molecule has 2 rings (SSSR count). The second-order valence-electron chi connectivity index (χ2n) is 4.22. The highest BCUT2D eigenvalue weighted by Crippen LogP contribution is 2.14. The van der Waals surface area contributed by atoms with Gasteiger partial charge in [-0.05, 0) is 31.0 Å². The number of nitrogens with one attached hydrogen (secondary N) is 1. The van der Waals surface area contributed by atoms with Crippen LogP contribution in [0.5, 0.6) is 0 Å². The number of hydrogen-bond donors (Lipinski definition) is 1. The lowest BCUT2D eigenvalue weighted by molar-refractivity contribution is 0.0958. The van der Waals surface area contributed by atoms with Crippen LogP contribution in [0, 0.1) is 0 Å². The van der Waals surface area contributed by atoms with Crippen LogP contribution in [0.4, 0.5) is 0 Å². The summed E-state index contributed by atoms with van der Waals surface area (Å²) in [5.74, 6) is -0.192. The monoisotopic (exact) mass is 258 g/mol. The van der Waals surface area contributed by atoms with E-state index in [2.05, 4.69) is 35.3 Å². The van der Waals surface area contributed by atoms with E-state index in [9.17, 15) is 4.79 Å². The van der Waals surface area contributed by atoms with Crippen LogP contribution in [0.15, 0.2) is 24.4 Å². The van der Waals surface area contributed by atoms with Gasteiger partial charge < -0.3 is 5.32 Å². The van der Waals surface area contributed by atoms with Gasteiger partial charge in [0.2, 0.25) is 0 Å². The highest BCUT2D eigenvalue weighted by molar-refractivity contribution is 5.92. The van der Waals surface area contributed by atoms with Gasteiger partial charge in [-0.2, -0.15) is 5.10 Å². The summed E-state index contributed by atoms with van der Waals surface area (Å²) in [6, 6.07) is 5.71. The van der Waals surface area contributed by atoms with Gasteiger partial charge >= 0.3 is 0 Å². The summed E-state index contributed by atoms with van der Waals surface area (Å²) in [6.45, 7) is 4.17. The molecule has 0 spiro atoms. The SMILES string of the molecule is CCc1cc(CC)n(-c2ccnc(C(=O)NC)c2)n1. The number of aryl methyl sites for hydroxylation is 2. The predicted molar refractivity (Wildman–Crippen MR) is 73.5 cm³/mol. The van der Waals surface area contributed by atoms with Crippen LogP contribution in [0.1, 0.15) is 35.7 Å². The van der Waals surface area contributed by atoms with Crippen molar-refractivity contribution in [3.05, 3.63) is 41.5 Å². The van der Waals surface area contributed by atoms with Crippen LogP contribution in [0.2, 0.25) is 0 Å². The molecule has 19 heavy (non-hydrogen) atoms. The van der Waals surface area contributed by atoms with Crippen molar-refractivity contribution in [3.63, 3.8) is 0 Å². The second-order valence-corrected chi connectivity index (χ2v) is 4.22. The maximum Gasteiger partial charge on any atom is 0.269 e. The highest BCUT2D eigenvalue weighted by atomic mass is 16.1. The van der Waals surface area contributed by atoms with Crippen LogP contribution < -0.4 is 5.32 Å². The van der Waals surface area contributed by atoms with Gasteiger partial charge in [0.05, 0.1) is 11.4 Å². The molecule has 2 aromatic rings. The summed E-state index contributed by atoms with van der Waals surface area (Å²) < 4.78 is 1.88. The molecule has 5 heteroatoms. The molecule has 0 saturated heterocycles. The average molecular weight is 258 g/mol. The molecule has 0 aliphatic rings. The Bertz CT molecular complexity index is 589. The molecule has 0 fully saturated rings. The van der Waals surface area contributed by atoms with Crippen molar-refractivity contribution in [2.45, 2.75) is 26.7 Å². The molecule has 0 unspecified atom stereocenters. The summed E-state index contributed by atoms with van der Waals surface area (Å²) in [5.41, 5.74) is 3.45. The molecule has 0 bridgehead atoms. The topological polar surface area (TPSA) is 59.8 Å². The van der Waals surface area contributed by atoms with Gasteiger partial charge in [0.15, 0.2) is 0 Å². The van der Waals surface area contributed by atoms with Crippen LogP contribution in [-0.4, -0.2) is 27.7 Å². The van der Waals surface area contributed by atoms with E-state index < -0.39 is 0 Å². The van der Waals surface area contributed by atoms with Gasteiger partial charge in [0.25, 0.3) is 5.91 Å². The van der Waals surface area contributed by atoms with E-state index in [0.717, 1.165) is 29.9 Å². The van der Waals surface area contributed by atoms with Crippen LogP contribution >= 0.6 is 0 Å². The normalized spacial score (nSPS) is 10.5. The summed E-state index contributed by atoms with van der Waals surface area (Å²) >= 11 is 0. The highest BCUT2D eigenvalue weighted by Gasteiger charge is 2.10. The molecule has 0 aromatic carbocycles. The molecule has 0 aliphatic carbocycles. The van der Waals surface area contributed by atoms with E-state index in [0.29, 0.717) is 5.69 Å². The lowest BCUT2D eigenvalue weighted by Gasteiger charge is -2.07. The minimum atomic E-state index is -0.192. The quantitative estimate of drug-likeness (QED) is 0.909. The van der Waals surface area contributed by atoms with E-state index in [1.165, 1.54) is 0 Å². The number of hydrogen-bond acceptors (Lipinski definition) is 3. The minimum Gasteiger partial charge on any atom is -0.354 e. The Morgan fingerprint density at radius 2 is 2.11 bits per heavy atom. The molecule has 2 aromatic heterocycles. The lowest BCUT2D eigenvalue weighted by Crippen LogP contribution is -2.19. The summed E-state index contributed by atoms with van der Waals surface area (Å²) in [4.78, 5) is 15.7. The Hall–Kier alpha value is -2.17. The average Bonchev–Trinajstić information content (AvgIpc) is 2.90. The Kier molecular flexibility index (Phi) is 3.94. The molecule has 2 heterocycles. The Labute approximate surface area is 112 Å². The number of pyridine rings is 1. The van der Waals surface area contributed by atoms with Crippen molar-refractivity contribution in [1.29, 1.82) is 0 Å². The predicted octanol–water partition coefficient (Wildman–Crippen LogP) is 1.75. The Morgan fingerprint density at radius 1 is 1.32 bits per heavy atom. The standard InChI is InChI=1S/C14H18N4O/c1-4-10-8-11(5-2)18(17-10)12-6-7-16-13(9-12)14(19)15-3/h6-9H,4-5H2,1-3H3,(H,15,19). The number of aromatic nitrogens is 3. The van der Waals surface area contributed by atoms with Crippen molar-refractivity contribution in [2.24, 2.45) is 0 Å². The van der Waals surface area contributed by atoms with Crippen molar-refractivity contribution in [1.82, 2.24) is 20.1 Å². The van der Waals surface area contributed by atoms with Gasteiger partial charge in [-0.3, -0.25) is 9.78 Å². The van der Waals surface area contributed by atoms with Crippen molar-refractivity contribution < 1.29 is 4.79 Å². The molecule has 5 nitrogen and oxygen atoms in total.